The summed E-state index contributed by atoms with van der Waals surface area (Å²) in [5.74, 6) is 0.551. The third kappa shape index (κ3) is 4.49. The van der Waals surface area contributed by atoms with E-state index in [4.69, 9.17) is 10.5 Å². The molecule has 0 saturated carbocycles. The molecule has 1 rings (SSSR count). The predicted molar refractivity (Wildman–Crippen MR) is 65.4 cm³/mol. The molecule has 16 heavy (non-hydrogen) atoms. The van der Waals surface area contributed by atoms with Gasteiger partial charge in [-0.25, -0.2) is 0 Å². The molecule has 0 aliphatic heterocycles. The molecule has 0 aromatic carbocycles. The molecule has 0 radical (unpaired) electrons. The van der Waals surface area contributed by atoms with Crippen LogP contribution in [0.4, 0.5) is 5.69 Å². The molecule has 0 atom stereocenters. The maximum atomic E-state index is 11.4. The van der Waals surface area contributed by atoms with Gasteiger partial charge in [-0.15, -0.1) is 0 Å². The van der Waals surface area contributed by atoms with E-state index in [1.165, 1.54) is 6.07 Å². The Morgan fingerprint density at radius 3 is 2.88 bits per heavy atom. The SMILES string of the molecule is CC(C)COCCCn1cc(N)ccc1=O. The second kappa shape index (κ2) is 6.33. The van der Waals surface area contributed by atoms with Crippen LogP contribution in [0.2, 0.25) is 0 Å². The third-order valence-corrected chi connectivity index (χ3v) is 2.15. The van der Waals surface area contributed by atoms with Crippen molar-refractivity contribution in [2.45, 2.75) is 26.8 Å². The highest BCUT2D eigenvalue weighted by Gasteiger charge is 1.97. The van der Waals surface area contributed by atoms with Crippen molar-refractivity contribution in [1.82, 2.24) is 4.57 Å². The van der Waals surface area contributed by atoms with Gasteiger partial charge in [0.2, 0.25) is 0 Å². The average Bonchev–Trinajstić information content (AvgIpc) is 2.22. The van der Waals surface area contributed by atoms with Crippen LogP contribution < -0.4 is 11.3 Å². The molecule has 0 aliphatic rings. The molecule has 4 heteroatoms. The zero-order chi connectivity index (χ0) is 12.0. The highest BCUT2D eigenvalue weighted by atomic mass is 16.5. The van der Waals surface area contributed by atoms with Crippen molar-refractivity contribution in [3.8, 4) is 0 Å². The molecule has 0 aliphatic carbocycles. The minimum atomic E-state index is -0.0157. The van der Waals surface area contributed by atoms with Crippen LogP contribution in [-0.2, 0) is 11.3 Å². The van der Waals surface area contributed by atoms with Gasteiger partial charge in [-0.2, -0.15) is 0 Å². The van der Waals surface area contributed by atoms with Gasteiger partial charge >= 0.3 is 0 Å². The molecule has 0 amide bonds. The monoisotopic (exact) mass is 224 g/mol. The normalized spacial score (nSPS) is 10.9. The molecule has 1 aromatic heterocycles. The minimum Gasteiger partial charge on any atom is -0.398 e. The predicted octanol–water partition coefficient (Wildman–Crippen LogP) is 1.49. The van der Waals surface area contributed by atoms with Crippen molar-refractivity contribution in [2.75, 3.05) is 18.9 Å². The van der Waals surface area contributed by atoms with Crippen LogP contribution in [0.25, 0.3) is 0 Å². The topological polar surface area (TPSA) is 57.2 Å². The van der Waals surface area contributed by atoms with Gasteiger partial charge in [-0.3, -0.25) is 4.79 Å². The number of rotatable bonds is 6. The molecule has 0 spiro atoms. The molecule has 1 heterocycles. The lowest BCUT2D eigenvalue weighted by Gasteiger charge is -2.08. The average molecular weight is 224 g/mol. The number of pyridine rings is 1. The Morgan fingerprint density at radius 1 is 1.44 bits per heavy atom. The lowest BCUT2D eigenvalue weighted by molar-refractivity contribution is 0.105. The smallest absolute Gasteiger partial charge is 0.250 e. The maximum Gasteiger partial charge on any atom is 0.250 e. The molecule has 0 bridgehead atoms. The number of aryl methyl sites for hydroxylation is 1. The number of nitrogens with zero attached hydrogens (tertiary/aromatic N) is 1. The third-order valence-electron chi connectivity index (χ3n) is 2.15. The second-order valence-corrected chi connectivity index (χ2v) is 4.32. The molecule has 0 fully saturated rings. The maximum absolute atomic E-state index is 11.4. The number of hydrogen-bond donors (Lipinski definition) is 1. The largest absolute Gasteiger partial charge is 0.398 e. The lowest BCUT2D eigenvalue weighted by atomic mass is 10.2. The molecule has 0 unspecified atom stereocenters. The summed E-state index contributed by atoms with van der Waals surface area (Å²) in [5, 5.41) is 0. The van der Waals surface area contributed by atoms with Gasteiger partial charge in [-0.1, -0.05) is 13.8 Å². The summed E-state index contributed by atoms with van der Waals surface area (Å²) in [6.45, 7) is 6.33. The summed E-state index contributed by atoms with van der Waals surface area (Å²) in [5.41, 5.74) is 6.20. The highest BCUT2D eigenvalue weighted by molar-refractivity contribution is 5.33. The number of anilines is 1. The van der Waals surface area contributed by atoms with Crippen LogP contribution in [-0.4, -0.2) is 17.8 Å². The van der Waals surface area contributed by atoms with Gasteiger partial charge < -0.3 is 15.0 Å². The Kier molecular flexibility index (Phi) is 5.05. The second-order valence-electron chi connectivity index (χ2n) is 4.32. The van der Waals surface area contributed by atoms with Crippen LogP contribution in [0.5, 0.6) is 0 Å². The first kappa shape index (κ1) is 12.8. The van der Waals surface area contributed by atoms with Gasteiger partial charge in [0, 0.05) is 37.7 Å². The summed E-state index contributed by atoms with van der Waals surface area (Å²) >= 11 is 0. The number of aromatic nitrogens is 1. The molecular formula is C12H20N2O2. The fourth-order valence-corrected chi connectivity index (χ4v) is 1.38. The molecular weight excluding hydrogens is 204 g/mol. The van der Waals surface area contributed by atoms with Crippen LogP contribution >= 0.6 is 0 Å². The van der Waals surface area contributed by atoms with Crippen molar-refractivity contribution in [3.05, 3.63) is 28.7 Å². The van der Waals surface area contributed by atoms with E-state index < -0.39 is 0 Å². The van der Waals surface area contributed by atoms with Crippen molar-refractivity contribution in [1.29, 1.82) is 0 Å². The van der Waals surface area contributed by atoms with Crippen LogP contribution in [0, 0.1) is 5.92 Å². The summed E-state index contributed by atoms with van der Waals surface area (Å²) in [7, 11) is 0. The Bertz CT molecular complexity index is 372. The van der Waals surface area contributed by atoms with Gasteiger partial charge in [0.05, 0.1) is 0 Å². The number of hydrogen-bond acceptors (Lipinski definition) is 3. The van der Waals surface area contributed by atoms with E-state index in [2.05, 4.69) is 13.8 Å². The molecule has 0 saturated heterocycles. The minimum absolute atomic E-state index is 0.0157. The Hall–Kier alpha value is -1.29. The van der Waals surface area contributed by atoms with Crippen molar-refractivity contribution in [2.24, 2.45) is 5.92 Å². The summed E-state index contributed by atoms with van der Waals surface area (Å²) in [4.78, 5) is 11.4. The van der Waals surface area contributed by atoms with E-state index >= 15 is 0 Å². The van der Waals surface area contributed by atoms with E-state index in [0.717, 1.165) is 13.0 Å². The lowest BCUT2D eigenvalue weighted by Crippen LogP contribution is -2.19. The van der Waals surface area contributed by atoms with Gasteiger partial charge in [0.1, 0.15) is 0 Å². The number of ether oxygens (including phenoxy) is 1. The number of nitrogens with two attached hydrogens (primary N) is 1. The van der Waals surface area contributed by atoms with Crippen molar-refractivity contribution in [3.63, 3.8) is 0 Å². The fraction of sp³-hybridized carbons (Fsp3) is 0.583. The van der Waals surface area contributed by atoms with Gasteiger partial charge in [-0.05, 0) is 18.4 Å². The molecule has 2 N–H and O–H groups in total. The Balaban J connectivity index is 2.32. The van der Waals surface area contributed by atoms with Crippen LogP contribution in [0.1, 0.15) is 20.3 Å². The summed E-state index contributed by atoms with van der Waals surface area (Å²) < 4.78 is 7.06. The van der Waals surface area contributed by atoms with Crippen molar-refractivity contribution >= 4 is 5.69 Å². The van der Waals surface area contributed by atoms with E-state index in [0.29, 0.717) is 24.8 Å². The Morgan fingerprint density at radius 2 is 2.19 bits per heavy atom. The van der Waals surface area contributed by atoms with Gasteiger partial charge in [0.15, 0.2) is 0 Å². The first-order valence-electron chi connectivity index (χ1n) is 5.63. The van der Waals surface area contributed by atoms with Crippen LogP contribution in [0.15, 0.2) is 23.1 Å². The molecule has 90 valence electrons. The first-order valence-corrected chi connectivity index (χ1v) is 5.63. The fourth-order valence-electron chi connectivity index (χ4n) is 1.38. The molecule has 4 nitrogen and oxygen atoms in total. The number of nitrogen functional groups attached to an aromatic ring is 1. The standard InChI is InChI=1S/C12H20N2O2/c1-10(2)9-16-7-3-6-14-8-11(13)4-5-12(14)15/h4-5,8,10H,3,6-7,9,13H2,1-2H3. The molecule has 1 aromatic rings. The van der Waals surface area contributed by atoms with E-state index in [1.807, 2.05) is 0 Å². The van der Waals surface area contributed by atoms with E-state index in [1.54, 1.807) is 16.8 Å². The first-order chi connectivity index (χ1) is 7.59. The zero-order valence-corrected chi connectivity index (χ0v) is 9.98. The van der Waals surface area contributed by atoms with Gasteiger partial charge in [0.25, 0.3) is 5.56 Å². The van der Waals surface area contributed by atoms with Crippen LogP contribution in [0.3, 0.4) is 0 Å². The zero-order valence-electron chi connectivity index (χ0n) is 9.98. The van der Waals surface area contributed by atoms with E-state index in [-0.39, 0.29) is 5.56 Å². The summed E-state index contributed by atoms with van der Waals surface area (Å²) in [6.07, 6.45) is 2.50. The summed E-state index contributed by atoms with van der Waals surface area (Å²) in [6, 6.07) is 3.11. The highest BCUT2D eigenvalue weighted by Crippen LogP contribution is 1.98. The van der Waals surface area contributed by atoms with E-state index in [9.17, 15) is 4.79 Å². The Labute approximate surface area is 96.0 Å². The quantitative estimate of drug-likeness (QED) is 0.745. The van der Waals surface area contributed by atoms with Crippen molar-refractivity contribution < 1.29 is 4.74 Å².